The summed E-state index contributed by atoms with van der Waals surface area (Å²) in [4.78, 5) is 2.22. The molecule has 4 aromatic carbocycles. The standard InChI is InChI=1S/C24H15Cl2NS/c25-16-5-9-18(10-6-16)27(19-11-7-17(26)8-12-19)20-13-14-22-21-3-1-2-4-23(21)28-24(22)15-20/h1-15H. The van der Waals surface area contributed by atoms with E-state index in [9.17, 15) is 0 Å². The molecule has 0 atom stereocenters. The second-order valence-electron chi connectivity index (χ2n) is 6.57. The van der Waals surface area contributed by atoms with Gasteiger partial charge in [-0.1, -0.05) is 47.5 Å². The van der Waals surface area contributed by atoms with Gasteiger partial charge in [0, 0.05) is 47.3 Å². The maximum Gasteiger partial charge on any atom is 0.0476 e. The summed E-state index contributed by atoms with van der Waals surface area (Å²) >= 11 is 14.1. The molecule has 28 heavy (non-hydrogen) atoms. The van der Waals surface area contributed by atoms with E-state index in [2.05, 4.69) is 47.4 Å². The Bertz CT molecular complexity index is 1230. The maximum atomic E-state index is 6.12. The van der Waals surface area contributed by atoms with Gasteiger partial charge in [-0.2, -0.15) is 0 Å². The lowest BCUT2D eigenvalue weighted by molar-refractivity contribution is 1.29. The number of thiophene rings is 1. The van der Waals surface area contributed by atoms with E-state index >= 15 is 0 Å². The predicted octanol–water partition coefficient (Wildman–Crippen LogP) is 8.83. The van der Waals surface area contributed by atoms with Gasteiger partial charge in [-0.05, 0) is 66.7 Å². The van der Waals surface area contributed by atoms with Gasteiger partial charge in [-0.25, -0.2) is 0 Å². The van der Waals surface area contributed by atoms with Crippen molar-refractivity contribution in [3.63, 3.8) is 0 Å². The van der Waals surface area contributed by atoms with Gasteiger partial charge in [0.15, 0.2) is 0 Å². The molecule has 5 rings (SSSR count). The number of hydrogen-bond acceptors (Lipinski definition) is 2. The van der Waals surface area contributed by atoms with E-state index in [1.807, 2.05) is 59.9 Å². The van der Waals surface area contributed by atoms with Gasteiger partial charge in [-0.3, -0.25) is 0 Å². The number of halogens is 2. The van der Waals surface area contributed by atoms with E-state index < -0.39 is 0 Å². The second-order valence-corrected chi connectivity index (χ2v) is 8.52. The molecule has 0 bridgehead atoms. The lowest BCUT2D eigenvalue weighted by Gasteiger charge is -2.25. The van der Waals surface area contributed by atoms with Crippen molar-refractivity contribution in [3.8, 4) is 0 Å². The summed E-state index contributed by atoms with van der Waals surface area (Å²) in [5.41, 5.74) is 3.20. The summed E-state index contributed by atoms with van der Waals surface area (Å²) < 4.78 is 2.57. The highest BCUT2D eigenvalue weighted by molar-refractivity contribution is 7.25. The third-order valence-corrected chi connectivity index (χ3v) is 6.43. The van der Waals surface area contributed by atoms with Crippen LogP contribution in [0.4, 0.5) is 17.1 Å². The van der Waals surface area contributed by atoms with Gasteiger partial charge < -0.3 is 4.90 Å². The predicted molar refractivity (Wildman–Crippen MR) is 124 cm³/mol. The number of hydrogen-bond donors (Lipinski definition) is 0. The largest absolute Gasteiger partial charge is 0.310 e. The molecule has 136 valence electrons. The third-order valence-electron chi connectivity index (χ3n) is 4.79. The van der Waals surface area contributed by atoms with Crippen LogP contribution in [0.25, 0.3) is 20.2 Å². The molecule has 4 heteroatoms. The Morgan fingerprint density at radius 2 is 1.07 bits per heavy atom. The summed E-state index contributed by atoms with van der Waals surface area (Å²) in [7, 11) is 0. The van der Waals surface area contributed by atoms with Crippen LogP contribution in [0, 0.1) is 0 Å². The first-order valence-corrected chi connectivity index (χ1v) is 10.5. The highest BCUT2D eigenvalue weighted by Gasteiger charge is 2.14. The number of benzene rings is 4. The number of nitrogens with zero attached hydrogens (tertiary/aromatic N) is 1. The molecule has 0 radical (unpaired) electrons. The fraction of sp³-hybridized carbons (Fsp3) is 0. The number of fused-ring (bicyclic) bond motifs is 3. The Morgan fingerprint density at radius 1 is 0.536 bits per heavy atom. The van der Waals surface area contributed by atoms with Crippen LogP contribution >= 0.6 is 34.5 Å². The molecule has 0 amide bonds. The molecule has 0 aliphatic carbocycles. The smallest absolute Gasteiger partial charge is 0.0476 e. The monoisotopic (exact) mass is 419 g/mol. The molecule has 1 nitrogen and oxygen atoms in total. The fourth-order valence-corrected chi connectivity index (χ4v) is 4.87. The van der Waals surface area contributed by atoms with Gasteiger partial charge in [0.25, 0.3) is 0 Å². The van der Waals surface area contributed by atoms with Crippen molar-refractivity contribution in [1.29, 1.82) is 0 Å². The molecule has 0 saturated carbocycles. The third kappa shape index (κ3) is 3.14. The quantitative estimate of drug-likeness (QED) is 0.282. The zero-order valence-corrected chi connectivity index (χ0v) is 17.1. The molecule has 0 N–H and O–H groups in total. The van der Waals surface area contributed by atoms with Crippen molar-refractivity contribution in [2.24, 2.45) is 0 Å². The molecule has 0 aliphatic rings. The van der Waals surface area contributed by atoms with Crippen molar-refractivity contribution in [2.75, 3.05) is 4.90 Å². The lowest BCUT2D eigenvalue weighted by Crippen LogP contribution is -2.09. The molecule has 0 unspecified atom stereocenters. The Morgan fingerprint density at radius 3 is 1.71 bits per heavy atom. The SMILES string of the molecule is Clc1ccc(N(c2ccc(Cl)cc2)c2ccc3c(c2)sc2ccccc23)cc1. The fourth-order valence-electron chi connectivity index (χ4n) is 3.48. The van der Waals surface area contributed by atoms with Crippen LogP contribution in [0.1, 0.15) is 0 Å². The van der Waals surface area contributed by atoms with Crippen LogP contribution in [0.15, 0.2) is 91.0 Å². The Balaban J connectivity index is 1.70. The van der Waals surface area contributed by atoms with Crippen molar-refractivity contribution >= 4 is 71.8 Å². The highest BCUT2D eigenvalue weighted by Crippen LogP contribution is 2.40. The van der Waals surface area contributed by atoms with E-state index in [1.54, 1.807) is 0 Å². The minimum Gasteiger partial charge on any atom is -0.310 e. The van der Waals surface area contributed by atoms with Crippen molar-refractivity contribution in [1.82, 2.24) is 0 Å². The van der Waals surface area contributed by atoms with Crippen molar-refractivity contribution in [3.05, 3.63) is 101 Å². The lowest BCUT2D eigenvalue weighted by atomic mass is 10.1. The summed E-state index contributed by atoms with van der Waals surface area (Å²) in [6.45, 7) is 0. The van der Waals surface area contributed by atoms with Gasteiger partial charge in [0.05, 0.1) is 0 Å². The van der Waals surface area contributed by atoms with E-state index in [-0.39, 0.29) is 0 Å². The summed E-state index contributed by atoms with van der Waals surface area (Å²) in [6, 6.07) is 31.0. The molecule has 0 fully saturated rings. The minimum atomic E-state index is 0.722. The molecule has 0 aliphatic heterocycles. The summed E-state index contributed by atoms with van der Waals surface area (Å²) in [5.74, 6) is 0. The van der Waals surface area contributed by atoms with Gasteiger partial charge in [0.1, 0.15) is 0 Å². The summed E-state index contributed by atoms with van der Waals surface area (Å²) in [6.07, 6.45) is 0. The van der Waals surface area contributed by atoms with Crippen LogP contribution in [0.2, 0.25) is 10.0 Å². The topological polar surface area (TPSA) is 3.24 Å². The molecule has 1 heterocycles. The first kappa shape index (κ1) is 17.6. The van der Waals surface area contributed by atoms with E-state index in [4.69, 9.17) is 23.2 Å². The van der Waals surface area contributed by atoms with Gasteiger partial charge in [-0.15, -0.1) is 11.3 Å². The highest BCUT2D eigenvalue weighted by atomic mass is 35.5. The molecular formula is C24H15Cl2NS. The Kier molecular flexibility index (Phi) is 4.48. The van der Waals surface area contributed by atoms with Gasteiger partial charge in [0.2, 0.25) is 0 Å². The minimum absolute atomic E-state index is 0.722. The van der Waals surface area contributed by atoms with Crippen LogP contribution in [-0.4, -0.2) is 0 Å². The number of rotatable bonds is 3. The van der Waals surface area contributed by atoms with E-state index in [0.717, 1.165) is 27.1 Å². The molecule has 0 saturated heterocycles. The first-order chi connectivity index (χ1) is 13.7. The molecule has 1 aromatic heterocycles. The molecular weight excluding hydrogens is 405 g/mol. The maximum absolute atomic E-state index is 6.12. The molecule has 0 spiro atoms. The van der Waals surface area contributed by atoms with Crippen LogP contribution < -0.4 is 4.90 Å². The average Bonchev–Trinajstić information content (AvgIpc) is 3.09. The van der Waals surface area contributed by atoms with E-state index in [1.165, 1.54) is 20.2 Å². The Hall–Kier alpha value is -2.52. The van der Waals surface area contributed by atoms with Crippen LogP contribution in [0.3, 0.4) is 0 Å². The number of anilines is 3. The van der Waals surface area contributed by atoms with E-state index in [0.29, 0.717) is 0 Å². The van der Waals surface area contributed by atoms with Crippen molar-refractivity contribution in [2.45, 2.75) is 0 Å². The van der Waals surface area contributed by atoms with Crippen LogP contribution in [-0.2, 0) is 0 Å². The second kappa shape index (κ2) is 7.14. The van der Waals surface area contributed by atoms with Gasteiger partial charge >= 0.3 is 0 Å². The first-order valence-electron chi connectivity index (χ1n) is 8.92. The van der Waals surface area contributed by atoms with Crippen molar-refractivity contribution < 1.29 is 0 Å². The zero-order valence-electron chi connectivity index (χ0n) is 14.8. The normalized spacial score (nSPS) is 11.2. The molecule has 5 aromatic rings. The Labute approximate surface area is 177 Å². The summed E-state index contributed by atoms with van der Waals surface area (Å²) in [5, 5.41) is 4.04. The zero-order chi connectivity index (χ0) is 19.1. The average molecular weight is 420 g/mol. The van der Waals surface area contributed by atoms with Crippen LogP contribution in [0.5, 0.6) is 0 Å².